The summed E-state index contributed by atoms with van der Waals surface area (Å²) in [6, 6.07) is 18.3. The lowest BCUT2D eigenvalue weighted by molar-refractivity contribution is -0.140. The van der Waals surface area contributed by atoms with Crippen molar-refractivity contribution in [2.75, 3.05) is 12.0 Å². The van der Waals surface area contributed by atoms with Gasteiger partial charge < -0.3 is 20.1 Å². The van der Waals surface area contributed by atoms with E-state index in [0.29, 0.717) is 12.2 Å². The third-order valence-electron chi connectivity index (χ3n) is 8.07. The molecule has 0 radical (unpaired) electrons. The minimum absolute atomic E-state index is 0.0350. The number of imide groups is 1. The number of anilines is 1. The molecule has 10 nitrogen and oxygen atoms in total. The van der Waals surface area contributed by atoms with E-state index >= 15 is 0 Å². The maximum atomic E-state index is 14.3. The van der Waals surface area contributed by atoms with Crippen molar-refractivity contribution in [3.63, 3.8) is 0 Å². The number of hydrogen-bond acceptors (Lipinski definition) is 5. The Bertz CT molecular complexity index is 1740. The topological polar surface area (TPSA) is 132 Å². The van der Waals surface area contributed by atoms with E-state index in [9.17, 15) is 24.3 Å². The fourth-order valence-corrected chi connectivity index (χ4v) is 6.05. The van der Waals surface area contributed by atoms with Crippen molar-refractivity contribution >= 4 is 40.4 Å². The number of nitrogens with one attached hydrogen (secondary N) is 2. The summed E-state index contributed by atoms with van der Waals surface area (Å²) < 4.78 is 5.47. The summed E-state index contributed by atoms with van der Waals surface area (Å²) in [5.41, 5.74) is 3.58. The molecule has 4 aromatic rings. The van der Waals surface area contributed by atoms with Crippen LogP contribution in [0.2, 0.25) is 0 Å². The number of aliphatic carboxylic acids is 1. The van der Waals surface area contributed by atoms with Crippen molar-refractivity contribution in [2.24, 2.45) is 5.92 Å². The monoisotopic (exact) mass is 566 g/mol. The summed E-state index contributed by atoms with van der Waals surface area (Å²) in [5, 5.41) is 13.1. The van der Waals surface area contributed by atoms with Gasteiger partial charge >= 0.3 is 12.0 Å². The normalized spacial score (nSPS) is 18.7. The summed E-state index contributed by atoms with van der Waals surface area (Å²) in [7, 11) is 1.57. The maximum Gasteiger partial charge on any atom is 0.332 e. The molecule has 3 aromatic carbocycles. The quantitative estimate of drug-likeness (QED) is 0.282. The van der Waals surface area contributed by atoms with Crippen LogP contribution in [0.1, 0.15) is 47.1 Å². The SMILES string of the molecule is COc1cccc([C@@H]2c3[nH]c4ccccc4c3C[C@H]3C(=O)N(c4ccccc4C(=O)N[C@@H](C(=O)O)C(C)C)C(=O)N23)c1. The van der Waals surface area contributed by atoms with Crippen molar-refractivity contribution in [2.45, 2.75) is 38.4 Å². The molecule has 0 bridgehead atoms. The van der Waals surface area contributed by atoms with E-state index in [2.05, 4.69) is 10.3 Å². The Labute approximate surface area is 241 Å². The van der Waals surface area contributed by atoms with Crippen molar-refractivity contribution in [1.82, 2.24) is 15.2 Å². The highest BCUT2D eigenvalue weighted by atomic mass is 16.5. The van der Waals surface area contributed by atoms with Crippen molar-refractivity contribution in [3.8, 4) is 5.75 Å². The van der Waals surface area contributed by atoms with Gasteiger partial charge in [-0.2, -0.15) is 0 Å². The molecule has 2 aliphatic heterocycles. The fourth-order valence-electron chi connectivity index (χ4n) is 6.05. The Balaban J connectivity index is 1.45. The molecular weight excluding hydrogens is 536 g/mol. The highest BCUT2D eigenvalue weighted by Crippen LogP contribution is 2.45. The molecule has 2 aliphatic rings. The van der Waals surface area contributed by atoms with Gasteiger partial charge in [0.25, 0.3) is 11.8 Å². The summed E-state index contributed by atoms with van der Waals surface area (Å²) in [5.74, 6) is -2.08. The second-order valence-electron chi connectivity index (χ2n) is 10.9. The Kier molecular flexibility index (Phi) is 6.68. The first-order valence-electron chi connectivity index (χ1n) is 13.7. The first kappa shape index (κ1) is 27.1. The highest BCUT2D eigenvalue weighted by molar-refractivity contribution is 6.24. The van der Waals surface area contributed by atoms with Crippen LogP contribution < -0.4 is 15.0 Å². The lowest BCUT2D eigenvalue weighted by Crippen LogP contribution is -2.45. The molecule has 0 aliphatic carbocycles. The smallest absolute Gasteiger partial charge is 0.332 e. The van der Waals surface area contributed by atoms with Crippen LogP contribution in [-0.2, 0) is 16.0 Å². The molecule has 1 saturated heterocycles. The first-order valence-corrected chi connectivity index (χ1v) is 13.7. The molecular formula is C32H30N4O6. The number of fused-ring (bicyclic) bond motifs is 4. The molecule has 3 heterocycles. The number of hydrogen-bond donors (Lipinski definition) is 3. The summed E-state index contributed by atoms with van der Waals surface area (Å²) in [4.78, 5) is 59.6. The molecule has 1 aromatic heterocycles. The molecule has 3 atom stereocenters. The van der Waals surface area contributed by atoms with Gasteiger partial charge in [-0.1, -0.05) is 56.3 Å². The van der Waals surface area contributed by atoms with Crippen LogP contribution in [-0.4, -0.2) is 58.0 Å². The zero-order valence-electron chi connectivity index (χ0n) is 23.3. The van der Waals surface area contributed by atoms with Crippen LogP contribution in [0.25, 0.3) is 10.9 Å². The van der Waals surface area contributed by atoms with E-state index < -0.39 is 41.9 Å². The Morgan fingerprint density at radius 3 is 2.50 bits per heavy atom. The first-order chi connectivity index (χ1) is 20.2. The number of carbonyl (C=O) groups is 4. The number of aromatic amines is 1. The number of urea groups is 1. The van der Waals surface area contributed by atoms with Gasteiger partial charge in [-0.3, -0.25) is 14.5 Å². The predicted octanol–water partition coefficient (Wildman–Crippen LogP) is 4.50. The van der Waals surface area contributed by atoms with Gasteiger partial charge in [0.15, 0.2) is 0 Å². The number of amides is 4. The maximum absolute atomic E-state index is 14.3. The predicted molar refractivity (Wildman–Crippen MR) is 156 cm³/mol. The van der Waals surface area contributed by atoms with Crippen molar-refractivity contribution in [3.05, 3.63) is 95.2 Å². The van der Waals surface area contributed by atoms with Crippen LogP contribution in [0, 0.1) is 5.92 Å². The van der Waals surface area contributed by atoms with Crippen molar-refractivity contribution in [1.29, 1.82) is 0 Å². The molecule has 0 unspecified atom stereocenters. The summed E-state index contributed by atoms with van der Waals surface area (Å²) in [6.07, 6.45) is 0.295. The number of carboxylic acid groups (broad SMARTS) is 1. The number of benzene rings is 3. The van der Waals surface area contributed by atoms with E-state index in [0.717, 1.165) is 32.6 Å². The largest absolute Gasteiger partial charge is 0.497 e. The zero-order chi connectivity index (χ0) is 29.7. The second-order valence-corrected chi connectivity index (χ2v) is 10.9. The Morgan fingerprint density at radius 1 is 1.02 bits per heavy atom. The van der Waals surface area contributed by atoms with Gasteiger partial charge in [-0.15, -0.1) is 0 Å². The van der Waals surface area contributed by atoms with E-state index in [-0.39, 0.29) is 17.2 Å². The summed E-state index contributed by atoms with van der Waals surface area (Å²) in [6.45, 7) is 3.38. The molecule has 42 heavy (non-hydrogen) atoms. The number of aromatic nitrogens is 1. The minimum atomic E-state index is -1.17. The van der Waals surface area contributed by atoms with Crippen molar-refractivity contribution < 1.29 is 29.0 Å². The Morgan fingerprint density at radius 2 is 1.76 bits per heavy atom. The molecule has 6 rings (SSSR count). The summed E-state index contributed by atoms with van der Waals surface area (Å²) >= 11 is 0. The van der Waals surface area contributed by atoms with Crippen LogP contribution in [0.15, 0.2) is 72.8 Å². The fraction of sp³-hybridized carbons (Fsp3) is 0.250. The lowest BCUT2D eigenvalue weighted by Gasteiger charge is -2.36. The van der Waals surface area contributed by atoms with E-state index in [4.69, 9.17) is 4.74 Å². The standard InChI is InChI=1S/C32H30N4O6/c1-17(2)26(31(39)40)34-29(37)21-12-5-7-14-24(21)36-30(38)25-16-22-20-11-4-6-13-23(20)33-27(22)28(35(25)32(36)41)18-9-8-10-19(15-18)42-3/h4-15,17,25-26,28,33H,16H2,1-3H3,(H,34,37)(H,39,40)/t25-,26+,28+/m0/s1. The number of para-hydroxylation sites is 2. The number of nitrogens with zero attached hydrogens (tertiary/aromatic N) is 2. The number of carbonyl (C=O) groups excluding carboxylic acids is 3. The zero-order valence-corrected chi connectivity index (χ0v) is 23.3. The number of carboxylic acids is 1. The minimum Gasteiger partial charge on any atom is -0.497 e. The van der Waals surface area contributed by atoms with Crippen LogP contribution in [0.5, 0.6) is 5.75 Å². The van der Waals surface area contributed by atoms with Crippen LogP contribution in [0.3, 0.4) is 0 Å². The second kappa shape index (κ2) is 10.4. The molecule has 1 fully saturated rings. The Hall–Kier alpha value is -5.12. The number of ether oxygens (including phenoxy) is 1. The van der Waals surface area contributed by atoms with Gasteiger partial charge in [0.05, 0.1) is 18.4 Å². The third-order valence-corrected chi connectivity index (χ3v) is 8.07. The molecule has 0 saturated carbocycles. The average Bonchev–Trinajstić information content (AvgIpc) is 3.48. The number of H-pyrrole nitrogens is 1. The molecule has 214 valence electrons. The molecule has 0 spiro atoms. The van der Waals surface area contributed by atoms with Gasteiger partial charge in [-0.05, 0) is 47.4 Å². The van der Waals surface area contributed by atoms with Gasteiger partial charge in [0.1, 0.15) is 23.9 Å². The van der Waals surface area contributed by atoms with Gasteiger partial charge in [-0.25, -0.2) is 14.5 Å². The lowest BCUT2D eigenvalue weighted by atomic mass is 9.89. The van der Waals surface area contributed by atoms with Gasteiger partial charge in [0, 0.05) is 23.0 Å². The third kappa shape index (κ3) is 4.27. The number of rotatable bonds is 7. The van der Waals surface area contributed by atoms with Gasteiger partial charge in [0.2, 0.25) is 0 Å². The van der Waals surface area contributed by atoms with E-state index in [1.54, 1.807) is 38.0 Å². The molecule has 4 amide bonds. The van der Waals surface area contributed by atoms with E-state index in [1.165, 1.54) is 12.1 Å². The average molecular weight is 567 g/mol. The molecule has 3 N–H and O–H groups in total. The highest BCUT2D eigenvalue weighted by Gasteiger charge is 2.53. The van der Waals surface area contributed by atoms with Crippen LogP contribution >= 0.6 is 0 Å². The molecule has 10 heteroatoms. The number of methoxy groups -OCH3 is 1. The van der Waals surface area contributed by atoms with Crippen LogP contribution in [0.4, 0.5) is 10.5 Å². The van der Waals surface area contributed by atoms with E-state index in [1.807, 2.05) is 48.5 Å².